The highest BCUT2D eigenvalue weighted by Gasteiger charge is 2.27. The molecule has 1 fully saturated rings. The number of hydrogen-bond donors (Lipinski definition) is 1. The number of alkyl halides is 1. The Hall–Kier alpha value is -0.150. The van der Waals surface area contributed by atoms with Gasteiger partial charge in [0.05, 0.1) is 6.10 Å². The zero-order valence-corrected chi connectivity index (χ0v) is 6.22. The van der Waals surface area contributed by atoms with Gasteiger partial charge in [0, 0.05) is 19.6 Å². The molecule has 0 spiro atoms. The Bertz CT molecular complexity index is 110. The molecule has 0 bridgehead atoms. The highest BCUT2D eigenvalue weighted by atomic mass is 19.1. The first-order chi connectivity index (χ1) is 4.74. The molecule has 0 saturated heterocycles. The average Bonchev–Trinajstić information content (AvgIpc) is 1.95. The first-order valence-electron chi connectivity index (χ1n) is 3.66. The lowest BCUT2D eigenvalue weighted by molar-refractivity contribution is 0.0325. The summed E-state index contributed by atoms with van der Waals surface area (Å²) in [4.78, 5) is 0. The summed E-state index contributed by atoms with van der Waals surface area (Å²) in [7, 11) is 1.62. The lowest BCUT2D eigenvalue weighted by Crippen LogP contribution is -2.39. The molecule has 1 saturated carbocycles. The van der Waals surface area contributed by atoms with Crippen molar-refractivity contribution in [3.8, 4) is 0 Å². The fourth-order valence-corrected chi connectivity index (χ4v) is 1.32. The quantitative estimate of drug-likeness (QED) is 0.596. The third kappa shape index (κ3) is 1.67. The van der Waals surface area contributed by atoms with Gasteiger partial charge in [0.25, 0.3) is 0 Å². The first-order valence-corrected chi connectivity index (χ1v) is 3.66. The van der Waals surface area contributed by atoms with E-state index < -0.39 is 6.17 Å². The zero-order valence-electron chi connectivity index (χ0n) is 6.22. The van der Waals surface area contributed by atoms with E-state index in [0.29, 0.717) is 6.42 Å². The molecule has 0 heterocycles. The Morgan fingerprint density at radius 3 is 2.70 bits per heavy atom. The largest absolute Gasteiger partial charge is 0.381 e. The van der Waals surface area contributed by atoms with Crippen LogP contribution >= 0.6 is 0 Å². The predicted molar refractivity (Wildman–Crippen MR) is 37.5 cm³/mol. The highest BCUT2D eigenvalue weighted by Crippen LogP contribution is 2.21. The summed E-state index contributed by atoms with van der Waals surface area (Å²) in [6.45, 7) is 0. The van der Waals surface area contributed by atoms with Crippen molar-refractivity contribution in [1.29, 1.82) is 0 Å². The van der Waals surface area contributed by atoms with Gasteiger partial charge in [-0.15, -0.1) is 0 Å². The van der Waals surface area contributed by atoms with Crippen LogP contribution in [-0.2, 0) is 4.74 Å². The maximum Gasteiger partial charge on any atom is 0.118 e. The molecule has 2 nitrogen and oxygen atoms in total. The van der Waals surface area contributed by atoms with Crippen molar-refractivity contribution < 1.29 is 9.13 Å². The van der Waals surface area contributed by atoms with Crippen molar-refractivity contribution in [3.63, 3.8) is 0 Å². The molecule has 60 valence electrons. The second-order valence-electron chi connectivity index (χ2n) is 2.85. The van der Waals surface area contributed by atoms with Gasteiger partial charge in [-0.3, -0.25) is 0 Å². The molecule has 1 rings (SSSR count). The van der Waals surface area contributed by atoms with Gasteiger partial charge in [-0.05, 0) is 12.8 Å². The first kappa shape index (κ1) is 7.95. The number of ether oxygens (including phenoxy) is 1. The van der Waals surface area contributed by atoms with Gasteiger partial charge in [0.2, 0.25) is 0 Å². The topological polar surface area (TPSA) is 35.2 Å². The summed E-state index contributed by atoms with van der Waals surface area (Å²) in [6, 6.07) is -0.258. The molecule has 1 aliphatic carbocycles. The van der Waals surface area contributed by atoms with E-state index in [9.17, 15) is 4.39 Å². The maximum absolute atomic E-state index is 12.8. The summed E-state index contributed by atoms with van der Waals surface area (Å²) in [5.74, 6) is 0. The number of hydrogen-bond acceptors (Lipinski definition) is 2. The van der Waals surface area contributed by atoms with E-state index in [2.05, 4.69) is 0 Å². The van der Waals surface area contributed by atoms with Crippen LogP contribution < -0.4 is 5.73 Å². The monoisotopic (exact) mass is 147 g/mol. The van der Waals surface area contributed by atoms with Crippen molar-refractivity contribution in [2.45, 2.75) is 37.6 Å². The second kappa shape index (κ2) is 3.30. The van der Waals surface area contributed by atoms with Crippen molar-refractivity contribution in [2.75, 3.05) is 7.11 Å². The van der Waals surface area contributed by atoms with Crippen LogP contribution in [0.5, 0.6) is 0 Å². The van der Waals surface area contributed by atoms with Gasteiger partial charge >= 0.3 is 0 Å². The Labute approximate surface area is 60.5 Å². The van der Waals surface area contributed by atoms with E-state index in [1.165, 1.54) is 0 Å². The number of halogens is 1. The minimum atomic E-state index is -0.862. The van der Waals surface area contributed by atoms with Crippen LogP contribution in [0.2, 0.25) is 0 Å². The molecule has 0 aromatic rings. The van der Waals surface area contributed by atoms with Crippen molar-refractivity contribution in [2.24, 2.45) is 5.73 Å². The molecule has 1 aliphatic rings. The predicted octanol–water partition coefficient (Wildman–Crippen LogP) is 0.851. The zero-order chi connectivity index (χ0) is 7.56. The van der Waals surface area contributed by atoms with E-state index in [4.69, 9.17) is 10.5 Å². The minimum absolute atomic E-state index is 0.0924. The minimum Gasteiger partial charge on any atom is -0.381 e. The average molecular weight is 147 g/mol. The lowest BCUT2D eigenvalue weighted by Gasteiger charge is -2.28. The van der Waals surface area contributed by atoms with Gasteiger partial charge < -0.3 is 10.5 Å². The van der Waals surface area contributed by atoms with E-state index in [1.807, 2.05) is 0 Å². The van der Waals surface area contributed by atoms with Gasteiger partial charge in [-0.2, -0.15) is 0 Å². The molecule has 0 radical (unpaired) electrons. The van der Waals surface area contributed by atoms with E-state index in [0.717, 1.165) is 12.8 Å². The lowest BCUT2D eigenvalue weighted by atomic mass is 9.92. The normalized spacial score (nSPS) is 41.7. The summed E-state index contributed by atoms with van der Waals surface area (Å²) in [5.41, 5.74) is 5.46. The van der Waals surface area contributed by atoms with E-state index in [-0.39, 0.29) is 12.1 Å². The SMILES string of the molecule is CO[C@@H]1CC[C@H](N)[C@@H](F)C1. The molecular weight excluding hydrogens is 133 g/mol. The molecule has 2 N–H and O–H groups in total. The summed E-state index contributed by atoms with van der Waals surface area (Å²) in [6.07, 6.45) is 1.35. The van der Waals surface area contributed by atoms with Gasteiger partial charge in [0.1, 0.15) is 6.17 Å². The van der Waals surface area contributed by atoms with E-state index in [1.54, 1.807) is 7.11 Å². The van der Waals surface area contributed by atoms with Crippen molar-refractivity contribution >= 4 is 0 Å². The van der Waals surface area contributed by atoms with Crippen LogP contribution in [0, 0.1) is 0 Å². The van der Waals surface area contributed by atoms with Crippen LogP contribution in [-0.4, -0.2) is 25.4 Å². The third-order valence-corrected chi connectivity index (χ3v) is 2.11. The highest BCUT2D eigenvalue weighted by molar-refractivity contribution is 4.82. The second-order valence-corrected chi connectivity index (χ2v) is 2.85. The summed E-state index contributed by atoms with van der Waals surface area (Å²) < 4.78 is 17.8. The Morgan fingerprint density at radius 1 is 1.50 bits per heavy atom. The molecule has 0 amide bonds. The molecule has 0 aromatic carbocycles. The number of methoxy groups -OCH3 is 1. The fourth-order valence-electron chi connectivity index (χ4n) is 1.32. The van der Waals surface area contributed by atoms with Crippen LogP contribution in [0.15, 0.2) is 0 Å². The van der Waals surface area contributed by atoms with Gasteiger partial charge in [-0.1, -0.05) is 0 Å². The number of nitrogens with two attached hydrogens (primary N) is 1. The van der Waals surface area contributed by atoms with E-state index >= 15 is 0 Å². The molecule has 10 heavy (non-hydrogen) atoms. The fraction of sp³-hybridized carbons (Fsp3) is 1.00. The summed E-state index contributed by atoms with van der Waals surface area (Å²) >= 11 is 0. The van der Waals surface area contributed by atoms with Crippen molar-refractivity contribution in [1.82, 2.24) is 0 Å². The molecule has 0 unspecified atom stereocenters. The standard InChI is InChI=1S/C7H14FNO/c1-10-5-2-3-7(9)6(8)4-5/h5-7H,2-4,9H2,1H3/t5-,6+,7+/m1/s1. The molecular formula is C7H14FNO. The molecule has 3 heteroatoms. The van der Waals surface area contributed by atoms with Crippen LogP contribution in [0.3, 0.4) is 0 Å². The molecule has 3 atom stereocenters. The molecule has 0 aromatic heterocycles. The Balaban J connectivity index is 2.33. The van der Waals surface area contributed by atoms with Gasteiger partial charge in [-0.25, -0.2) is 4.39 Å². The Kier molecular flexibility index (Phi) is 2.63. The Morgan fingerprint density at radius 2 is 2.20 bits per heavy atom. The maximum atomic E-state index is 12.8. The smallest absolute Gasteiger partial charge is 0.118 e. The molecule has 0 aliphatic heterocycles. The third-order valence-electron chi connectivity index (χ3n) is 2.11. The van der Waals surface area contributed by atoms with Crippen molar-refractivity contribution in [3.05, 3.63) is 0 Å². The number of rotatable bonds is 1. The summed E-state index contributed by atoms with van der Waals surface area (Å²) in [5, 5.41) is 0. The van der Waals surface area contributed by atoms with Gasteiger partial charge in [0.15, 0.2) is 0 Å². The van der Waals surface area contributed by atoms with Crippen LogP contribution in [0.1, 0.15) is 19.3 Å². The van der Waals surface area contributed by atoms with Crippen LogP contribution in [0.4, 0.5) is 4.39 Å². The van der Waals surface area contributed by atoms with Crippen LogP contribution in [0.25, 0.3) is 0 Å².